The zero-order chi connectivity index (χ0) is 21.2. The number of rotatable bonds is 14. The van der Waals surface area contributed by atoms with Crippen molar-refractivity contribution in [2.75, 3.05) is 19.7 Å². The average molecular weight is 396 g/mol. The predicted molar refractivity (Wildman–Crippen MR) is 109 cm³/mol. The Morgan fingerprint density at radius 3 is 2.29 bits per heavy atom. The second-order valence-corrected chi connectivity index (χ2v) is 6.82. The van der Waals surface area contributed by atoms with E-state index < -0.39 is 6.10 Å². The lowest BCUT2D eigenvalue weighted by Gasteiger charge is -2.18. The molecule has 0 aliphatic rings. The number of ether oxygens (including phenoxy) is 2. The Balaban J connectivity index is 4.28. The highest BCUT2D eigenvalue weighted by Crippen LogP contribution is 2.07. The van der Waals surface area contributed by atoms with Crippen LogP contribution in [0.5, 0.6) is 0 Å². The summed E-state index contributed by atoms with van der Waals surface area (Å²) in [7, 11) is 0. The van der Waals surface area contributed by atoms with Crippen molar-refractivity contribution in [1.82, 2.24) is 4.90 Å². The van der Waals surface area contributed by atoms with E-state index in [4.69, 9.17) is 9.47 Å². The Kier molecular flexibility index (Phi) is 15.9. The third-order valence-electron chi connectivity index (χ3n) is 4.22. The highest BCUT2D eigenvalue weighted by atomic mass is 16.5. The SMILES string of the molecule is CCCCC[C@@H](C#CCN(CCCCCCC(=O)OCC)C(C)=O)OC(C)=O. The summed E-state index contributed by atoms with van der Waals surface area (Å²) in [5, 5.41) is 0. The van der Waals surface area contributed by atoms with E-state index in [2.05, 4.69) is 18.8 Å². The van der Waals surface area contributed by atoms with E-state index in [1.807, 2.05) is 0 Å². The van der Waals surface area contributed by atoms with Crippen LogP contribution >= 0.6 is 0 Å². The van der Waals surface area contributed by atoms with Gasteiger partial charge >= 0.3 is 11.9 Å². The Morgan fingerprint density at radius 2 is 1.68 bits per heavy atom. The molecule has 0 aromatic heterocycles. The van der Waals surface area contributed by atoms with Crippen LogP contribution in [0.1, 0.15) is 85.5 Å². The smallest absolute Gasteiger partial charge is 0.305 e. The molecule has 0 spiro atoms. The minimum Gasteiger partial charge on any atom is -0.466 e. The van der Waals surface area contributed by atoms with Crippen LogP contribution in [-0.4, -0.2) is 48.5 Å². The van der Waals surface area contributed by atoms with Crippen LogP contribution in [0.4, 0.5) is 0 Å². The van der Waals surface area contributed by atoms with Gasteiger partial charge in [-0.05, 0) is 32.6 Å². The zero-order valence-corrected chi connectivity index (χ0v) is 18.1. The molecule has 0 aliphatic heterocycles. The first-order valence-corrected chi connectivity index (χ1v) is 10.5. The molecule has 1 amide bonds. The molecular formula is C22H37NO5. The lowest BCUT2D eigenvalue weighted by atomic mass is 10.1. The molecule has 0 radical (unpaired) electrons. The normalized spacial score (nSPS) is 11.1. The van der Waals surface area contributed by atoms with Gasteiger partial charge in [0.1, 0.15) is 0 Å². The highest BCUT2D eigenvalue weighted by molar-refractivity contribution is 5.73. The molecular weight excluding hydrogens is 358 g/mol. The molecule has 0 saturated carbocycles. The van der Waals surface area contributed by atoms with Gasteiger partial charge in [-0.15, -0.1) is 0 Å². The summed E-state index contributed by atoms with van der Waals surface area (Å²) < 4.78 is 10.1. The van der Waals surface area contributed by atoms with Gasteiger partial charge in [0.2, 0.25) is 5.91 Å². The van der Waals surface area contributed by atoms with Crippen molar-refractivity contribution in [2.24, 2.45) is 0 Å². The standard InChI is InChI=1S/C22H37NO5/c1-5-7-10-14-21(28-20(4)25)15-13-18-23(19(3)24)17-12-9-8-11-16-22(26)27-6-2/h21H,5-12,14,16-18H2,1-4H3/t21-/m0/s1. The topological polar surface area (TPSA) is 72.9 Å². The van der Waals surface area contributed by atoms with E-state index in [9.17, 15) is 14.4 Å². The molecule has 0 aromatic rings. The van der Waals surface area contributed by atoms with Gasteiger partial charge in [-0.25, -0.2) is 0 Å². The fourth-order valence-corrected chi connectivity index (χ4v) is 2.70. The van der Waals surface area contributed by atoms with E-state index in [0.717, 1.165) is 51.4 Å². The minimum absolute atomic E-state index is 0.0177. The van der Waals surface area contributed by atoms with Gasteiger partial charge in [0.25, 0.3) is 0 Å². The van der Waals surface area contributed by atoms with Crippen molar-refractivity contribution in [2.45, 2.75) is 91.6 Å². The molecule has 28 heavy (non-hydrogen) atoms. The maximum Gasteiger partial charge on any atom is 0.305 e. The number of hydrogen-bond acceptors (Lipinski definition) is 5. The fourth-order valence-electron chi connectivity index (χ4n) is 2.70. The number of carbonyl (C=O) groups excluding carboxylic acids is 3. The van der Waals surface area contributed by atoms with Gasteiger partial charge in [-0.3, -0.25) is 14.4 Å². The first-order chi connectivity index (χ1) is 13.4. The van der Waals surface area contributed by atoms with E-state index >= 15 is 0 Å². The first-order valence-electron chi connectivity index (χ1n) is 10.5. The molecule has 1 atom stereocenters. The quantitative estimate of drug-likeness (QED) is 0.254. The molecule has 6 nitrogen and oxygen atoms in total. The number of unbranched alkanes of at least 4 members (excludes halogenated alkanes) is 5. The maximum absolute atomic E-state index is 11.8. The van der Waals surface area contributed by atoms with Gasteiger partial charge in [-0.1, -0.05) is 44.4 Å². The fraction of sp³-hybridized carbons (Fsp3) is 0.773. The van der Waals surface area contributed by atoms with E-state index in [1.54, 1.807) is 11.8 Å². The number of amides is 1. The predicted octanol–water partition coefficient (Wildman–Crippen LogP) is 3.86. The molecule has 0 saturated heterocycles. The Hall–Kier alpha value is -2.03. The van der Waals surface area contributed by atoms with Gasteiger partial charge in [0, 0.05) is 26.8 Å². The van der Waals surface area contributed by atoms with Crippen LogP contribution in [0.15, 0.2) is 0 Å². The molecule has 0 aromatic carbocycles. The van der Waals surface area contributed by atoms with Crippen molar-refractivity contribution in [1.29, 1.82) is 0 Å². The molecule has 6 heteroatoms. The summed E-state index contributed by atoms with van der Waals surface area (Å²) in [6.07, 6.45) is 7.46. The number of esters is 2. The summed E-state index contributed by atoms with van der Waals surface area (Å²) in [4.78, 5) is 36.0. The lowest BCUT2D eigenvalue weighted by molar-refractivity contribution is -0.144. The Bertz CT molecular complexity index is 521. The summed E-state index contributed by atoms with van der Waals surface area (Å²) in [5.41, 5.74) is 0. The second kappa shape index (κ2) is 17.1. The van der Waals surface area contributed by atoms with E-state index in [0.29, 0.717) is 26.1 Å². The molecule has 0 unspecified atom stereocenters. The number of hydrogen-bond donors (Lipinski definition) is 0. The third-order valence-corrected chi connectivity index (χ3v) is 4.22. The van der Waals surface area contributed by atoms with Crippen molar-refractivity contribution in [3.05, 3.63) is 0 Å². The number of nitrogens with zero attached hydrogens (tertiary/aromatic N) is 1. The molecule has 0 fully saturated rings. The van der Waals surface area contributed by atoms with Crippen LogP contribution in [0, 0.1) is 11.8 Å². The Morgan fingerprint density at radius 1 is 0.964 bits per heavy atom. The van der Waals surface area contributed by atoms with Crippen LogP contribution in [-0.2, 0) is 23.9 Å². The van der Waals surface area contributed by atoms with Crippen molar-refractivity contribution in [3.8, 4) is 11.8 Å². The van der Waals surface area contributed by atoms with Gasteiger partial charge < -0.3 is 14.4 Å². The molecule has 0 aliphatic carbocycles. The summed E-state index contributed by atoms with van der Waals surface area (Å²) in [6, 6.07) is 0. The molecule has 160 valence electrons. The summed E-state index contributed by atoms with van der Waals surface area (Å²) in [5.74, 6) is 5.49. The van der Waals surface area contributed by atoms with Crippen molar-refractivity contribution >= 4 is 17.8 Å². The van der Waals surface area contributed by atoms with Crippen molar-refractivity contribution in [3.63, 3.8) is 0 Å². The second-order valence-electron chi connectivity index (χ2n) is 6.82. The van der Waals surface area contributed by atoms with Crippen molar-refractivity contribution < 1.29 is 23.9 Å². The monoisotopic (exact) mass is 395 g/mol. The zero-order valence-electron chi connectivity index (χ0n) is 18.1. The van der Waals surface area contributed by atoms with Gasteiger partial charge in [0.05, 0.1) is 13.2 Å². The van der Waals surface area contributed by atoms with Gasteiger partial charge in [0.15, 0.2) is 6.10 Å². The molecule has 0 rings (SSSR count). The maximum atomic E-state index is 11.8. The third kappa shape index (κ3) is 15.1. The number of carbonyl (C=O) groups is 3. The average Bonchev–Trinajstić information content (AvgIpc) is 2.62. The van der Waals surface area contributed by atoms with Crippen LogP contribution < -0.4 is 0 Å². The van der Waals surface area contributed by atoms with E-state index in [-0.39, 0.29) is 17.8 Å². The highest BCUT2D eigenvalue weighted by Gasteiger charge is 2.10. The largest absolute Gasteiger partial charge is 0.466 e. The van der Waals surface area contributed by atoms with Crippen LogP contribution in [0.2, 0.25) is 0 Å². The molecule has 0 heterocycles. The summed E-state index contributed by atoms with van der Waals surface area (Å²) in [6.45, 7) is 8.24. The molecule has 0 N–H and O–H groups in total. The lowest BCUT2D eigenvalue weighted by Crippen LogP contribution is -2.30. The van der Waals surface area contributed by atoms with Crippen LogP contribution in [0.3, 0.4) is 0 Å². The van der Waals surface area contributed by atoms with Gasteiger partial charge in [-0.2, -0.15) is 0 Å². The van der Waals surface area contributed by atoms with Crippen LogP contribution in [0.25, 0.3) is 0 Å². The Labute approximate surface area is 170 Å². The first kappa shape index (κ1) is 26.0. The molecule has 0 bridgehead atoms. The van der Waals surface area contributed by atoms with E-state index in [1.165, 1.54) is 13.8 Å². The minimum atomic E-state index is -0.402. The summed E-state index contributed by atoms with van der Waals surface area (Å²) >= 11 is 0.